The average molecular weight is 198 g/mol. The van der Waals surface area contributed by atoms with Crippen molar-refractivity contribution >= 4 is 0 Å². The molecule has 0 aromatic carbocycles. The number of aryl methyl sites for hydroxylation is 1. The van der Waals surface area contributed by atoms with Gasteiger partial charge in [-0.15, -0.1) is 0 Å². The molecule has 1 aromatic rings. The number of rotatable bonds is 2. The van der Waals surface area contributed by atoms with E-state index in [1.165, 1.54) is 0 Å². The molecule has 4 nitrogen and oxygen atoms in total. The van der Waals surface area contributed by atoms with Crippen molar-refractivity contribution in [2.24, 2.45) is 5.41 Å². The number of aromatic nitrogens is 2. The third-order valence-corrected chi connectivity index (χ3v) is 2.22. The van der Waals surface area contributed by atoms with Crippen LogP contribution in [0.5, 0.6) is 0 Å². The van der Waals surface area contributed by atoms with Gasteiger partial charge in [0, 0.05) is 0 Å². The van der Waals surface area contributed by atoms with Crippen LogP contribution in [0.25, 0.3) is 0 Å². The van der Waals surface area contributed by atoms with Crippen LogP contribution in [0.4, 0.5) is 0 Å². The van der Waals surface area contributed by atoms with Crippen molar-refractivity contribution in [1.29, 1.82) is 0 Å². The second-order valence-electron chi connectivity index (χ2n) is 4.76. The van der Waals surface area contributed by atoms with Crippen LogP contribution in [0, 0.1) is 12.3 Å². The van der Waals surface area contributed by atoms with E-state index in [1.807, 2.05) is 20.8 Å². The average Bonchev–Trinajstić information content (AvgIpc) is 2.31. The zero-order valence-electron chi connectivity index (χ0n) is 9.40. The van der Waals surface area contributed by atoms with Crippen molar-refractivity contribution in [2.45, 2.75) is 46.6 Å². The van der Waals surface area contributed by atoms with Crippen molar-refractivity contribution in [3.05, 3.63) is 11.7 Å². The van der Waals surface area contributed by atoms with Gasteiger partial charge in [-0.25, -0.2) is 0 Å². The van der Waals surface area contributed by atoms with Crippen molar-refractivity contribution < 1.29 is 9.63 Å². The Morgan fingerprint density at radius 3 is 2.21 bits per heavy atom. The van der Waals surface area contributed by atoms with Crippen LogP contribution in [-0.4, -0.2) is 21.4 Å². The van der Waals surface area contributed by atoms with Gasteiger partial charge >= 0.3 is 0 Å². The molecule has 1 N–H and O–H groups in total. The SMILES string of the molecule is Cc1noc(C(C(C)O)C(C)(C)C)n1. The second-order valence-corrected chi connectivity index (χ2v) is 4.76. The lowest BCUT2D eigenvalue weighted by molar-refractivity contribution is 0.0845. The van der Waals surface area contributed by atoms with E-state index in [2.05, 4.69) is 10.1 Å². The third-order valence-electron chi connectivity index (χ3n) is 2.22. The molecule has 0 aliphatic rings. The Bertz CT molecular complexity index is 299. The summed E-state index contributed by atoms with van der Waals surface area (Å²) in [6, 6.07) is 0. The fourth-order valence-corrected chi connectivity index (χ4v) is 1.74. The lowest BCUT2D eigenvalue weighted by Gasteiger charge is -2.29. The highest BCUT2D eigenvalue weighted by atomic mass is 16.5. The Kier molecular flexibility index (Phi) is 2.95. The van der Waals surface area contributed by atoms with Crippen LogP contribution in [0.3, 0.4) is 0 Å². The maximum absolute atomic E-state index is 9.68. The fourth-order valence-electron chi connectivity index (χ4n) is 1.74. The van der Waals surface area contributed by atoms with E-state index in [9.17, 15) is 5.11 Å². The molecule has 0 saturated heterocycles. The standard InChI is InChI=1S/C10H18N2O2/c1-6(13)8(10(3,4)5)9-11-7(2)12-14-9/h6,8,13H,1-5H3. The van der Waals surface area contributed by atoms with Gasteiger partial charge in [0.05, 0.1) is 12.0 Å². The van der Waals surface area contributed by atoms with E-state index in [4.69, 9.17) is 4.52 Å². The monoisotopic (exact) mass is 198 g/mol. The van der Waals surface area contributed by atoms with Gasteiger partial charge in [0.2, 0.25) is 5.89 Å². The van der Waals surface area contributed by atoms with E-state index in [-0.39, 0.29) is 11.3 Å². The molecule has 0 aliphatic carbocycles. The van der Waals surface area contributed by atoms with Gasteiger partial charge in [0.1, 0.15) is 0 Å². The zero-order chi connectivity index (χ0) is 10.9. The summed E-state index contributed by atoms with van der Waals surface area (Å²) in [6.45, 7) is 9.65. The fraction of sp³-hybridized carbons (Fsp3) is 0.800. The minimum absolute atomic E-state index is 0.0901. The van der Waals surface area contributed by atoms with Gasteiger partial charge in [-0.3, -0.25) is 0 Å². The molecule has 14 heavy (non-hydrogen) atoms. The highest BCUT2D eigenvalue weighted by Crippen LogP contribution is 2.36. The molecule has 0 fully saturated rings. The highest BCUT2D eigenvalue weighted by molar-refractivity contribution is 5.01. The predicted octanol–water partition coefficient (Wildman–Crippen LogP) is 1.89. The molecular formula is C10H18N2O2. The summed E-state index contributed by atoms with van der Waals surface area (Å²) in [5.41, 5.74) is -0.0901. The molecule has 1 rings (SSSR count). The summed E-state index contributed by atoms with van der Waals surface area (Å²) in [5, 5.41) is 13.4. The van der Waals surface area contributed by atoms with E-state index >= 15 is 0 Å². The van der Waals surface area contributed by atoms with Crippen molar-refractivity contribution in [3.8, 4) is 0 Å². The maximum Gasteiger partial charge on any atom is 0.232 e. The van der Waals surface area contributed by atoms with Crippen LogP contribution >= 0.6 is 0 Å². The number of hydrogen-bond acceptors (Lipinski definition) is 4. The minimum atomic E-state index is -0.491. The van der Waals surface area contributed by atoms with Crippen LogP contribution in [0.1, 0.15) is 45.3 Å². The molecule has 2 unspecified atom stereocenters. The van der Waals surface area contributed by atoms with Crippen LogP contribution in [0.15, 0.2) is 4.52 Å². The summed E-state index contributed by atoms with van der Waals surface area (Å²) in [7, 11) is 0. The molecule has 1 heterocycles. The topological polar surface area (TPSA) is 59.2 Å². The summed E-state index contributed by atoms with van der Waals surface area (Å²) in [6.07, 6.45) is -0.491. The van der Waals surface area contributed by atoms with E-state index < -0.39 is 6.10 Å². The normalized spacial score (nSPS) is 16.7. The molecular weight excluding hydrogens is 180 g/mol. The van der Waals surface area contributed by atoms with Gasteiger partial charge in [-0.2, -0.15) is 4.98 Å². The van der Waals surface area contributed by atoms with Gasteiger partial charge < -0.3 is 9.63 Å². The van der Waals surface area contributed by atoms with Crippen LogP contribution < -0.4 is 0 Å². The first-order valence-electron chi connectivity index (χ1n) is 4.80. The van der Waals surface area contributed by atoms with Crippen molar-refractivity contribution in [1.82, 2.24) is 10.1 Å². The molecule has 0 aliphatic heterocycles. The molecule has 0 saturated carbocycles. The van der Waals surface area contributed by atoms with Crippen molar-refractivity contribution in [2.75, 3.05) is 0 Å². The highest BCUT2D eigenvalue weighted by Gasteiger charge is 2.34. The second kappa shape index (κ2) is 3.69. The molecule has 80 valence electrons. The molecule has 0 bridgehead atoms. The van der Waals surface area contributed by atoms with Gasteiger partial charge in [0.25, 0.3) is 0 Å². The number of nitrogens with zero attached hydrogens (tertiary/aromatic N) is 2. The van der Waals surface area contributed by atoms with Gasteiger partial charge in [0.15, 0.2) is 5.82 Å². The first-order valence-corrected chi connectivity index (χ1v) is 4.80. The molecule has 0 amide bonds. The molecule has 4 heteroatoms. The maximum atomic E-state index is 9.68. The molecule has 0 spiro atoms. The van der Waals surface area contributed by atoms with Gasteiger partial charge in [-0.1, -0.05) is 25.9 Å². The van der Waals surface area contributed by atoms with Crippen LogP contribution in [0.2, 0.25) is 0 Å². The molecule has 2 atom stereocenters. The van der Waals surface area contributed by atoms with E-state index in [1.54, 1.807) is 13.8 Å². The quantitative estimate of drug-likeness (QED) is 0.788. The summed E-state index contributed by atoms with van der Waals surface area (Å²) < 4.78 is 5.09. The predicted molar refractivity (Wildman–Crippen MR) is 52.9 cm³/mol. The number of hydrogen-bond donors (Lipinski definition) is 1. The largest absolute Gasteiger partial charge is 0.393 e. The molecule has 1 aromatic heterocycles. The third kappa shape index (κ3) is 2.32. The smallest absolute Gasteiger partial charge is 0.232 e. The number of aliphatic hydroxyl groups is 1. The Hall–Kier alpha value is -0.900. The lowest BCUT2D eigenvalue weighted by atomic mass is 9.77. The zero-order valence-corrected chi connectivity index (χ0v) is 9.40. The Labute approximate surface area is 84.3 Å². The first-order chi connectivity index (χ1) is 6.32. The number of aliphatic hydroxyl groups excluding tert-OH is 1. The van der Waals surface area contributed by atoms with Crippen molar-refractivity contribution in [3.63, 3.8) is 0 Å². The Morgan fingerprint density at radius 2 is 1.93 bits per heavy atom. The van der Waals surface area contributed by atoms with Crippen LogP contribution in [-0.2, 0) is 0 Å². The van der Waals surface area contributed by atoms with E-state index in [0.29, 0.717) is 11.7 Å². The summed E-state index contributed by atoms with van der Waals surface area (Å²) in [4.78, 5) is 4.16. The first kappa shape index (κ1) is 11.2. The van der Waals surface area contributed by atoms with Gasteiger partial charge in [-0.05, 0) is 19.3 Å². The Balaban J connectivity index is 3.01. The minimum Gasteiger partial charge on any atom is -0.393 e. The lowest BCUT2D eigenvalue weighted by Crippen LogP contribution is -2.28. The molecule has 0 radical (unpaired) electrons. The summed E-state index contributed by atoms with van der Waals surface area (Å²) >= 11 is 0. The Morgan fingerprint density at radius 1 is 1.36 bits per heavy atom. The van der Waals surface area contributed by atoms with E-state index in [0.717, 1.165) is 0 Å². The summed E-state index contributed by atoms with van der Waals surface area (Å²) in [5.74, 6) is 1.00.